The summed E-state index contributed by atoms with van der Waals surface area (Å²) in [6.45, 7) is 4.03. The Balaban J connectivity index is 2.51. The van der Waals surface area contributed by atoms with Gasteiger partial charge in [0.1, 0.15) is 11.8 Å². The number of halogens is 2. The van der Waals surface area contributed by atoms with Crippen LogP contribution in [0, 0.1) is 0 Å². The maximum atomic E-state index is 10.7. The summed E-state index contributed by atoms with van der Waals surface area (Å²) in [5.74, 6) is 0.585. The Labute approximate surface area is 135 Å². The lowest BCUT2D eigenvalue weighted by molar-refractivity contribution is 0.199. The molecule has 0 bridgehead atoms. The molecule has 20 heavy (non-hydrogen) atoms. The van der Waals surface area contributed by atoms with E-state index in [2.05, 4.69) is 37.0 Å². The number of aliphatic hydroxyl groups is 1. The van der Waals surface area contributed by atoms with E-state index < -0.39 is 6.10 Å². The van der Waals surface area contributed by atoms with Gasteiger partial charge in [-0.25, -0.2) is 0 Å². The largest absolute Gasteiger partial charge is 0.493 e. The first-order valence-electron chi connectivity index (χ1n) is 6.19. The van der Waals surface area contributed by atoms with E-state index in [1.807, 2.05) is 32.0 Å². The van der Waals surface area contributed by atoms with E-state index in [9.17, 15) is 5.11 Å². The van der Waals surface area contributed by atoms with Crippen LogP contribution in [0.1, 0.15) is 37.3 Å². The van der Waals surface area contributed by atoms with Crippen molar-refractivity contribution in [1.82, 2.24) is 9.78 Å². The molecule has 0 aliphatic rings. The smallest absolute Gasteiger partial charge is 0.163 e. The first-order valence-corrected chi connectivity index (χ1v) is 7.78. The van der Waals surface area contributed by atoms with Gasteiger partial charge in [0.2, 0.25) is 0 Å². The van der Waals surface area contributed by atoms with Gasteiger partial charge in [-0.15, -0.1) is 0 Å². The highest BCUT2D eigenvalue weighted by Crippen LogP contribution is 2.34. The topological polar surface area (TPSA) is 47.3 Å². The van der Waals surface area contributed by atoms with Crippen LogP contribution >= 0.6 is 31.9 Å². The molecular weight excluding hydrogens is 388 g/mol. The second-order valence-electron chi connectivity index (χ2n) is 4.74. The van der Waals surface area contributed by atoms with Crippen molar-refractivity contribution < 1.29 is 9.84 Å². The van der Waals surface area contributed by atoms with Gasteiger partial charge in [0.15, 0.2) is 5.75 Å². The predicted octanol–water partition coefficient (Wildman–Crippen LogP) is 4.08. The molecule has 0 radical (unpaired) electrons. The van der Waals surface area contributed by atoms with Crippen LogP contribution in [0.4, 0.5) is 0 Å². The summed E-state index contributed by atoms with van der Waals surface area (Å²) < 4.78 is 8.89. The quantitative estimate of drug-likeness (QED) is 0.836. The number of aromatic nitrogens is 2. The van der Waals surface area contributed by atoms with E-state index >= 15 is 0 Å². The van der Waals surface area contributed by atoms with Gasteiger partial charge < -0.3 is 9.84 Å². The van der Waals surface area contributed by atoms with Crippen molar-refractivity contribution in [1.29, 1.82) is 0 Å². The molecule has 1 heterocycles. The van der Waals surface area contributed by atoms with Crippen LogP contribution in [0.5, 0.6) is 5.75 Å². The summed E-state index contributed by atoms with van der Waals surface area (Å²) in [5, 5.41) is 15.0. The van der Waals surface area contributed by atoms with Gasteiger partial charge in [0.05, 0.1) is 13.3 Å². The van der Waals surface area contributed by atoms with Crippen LogP contribution in [0.15, 0.2) is 33.3 Å². The Kier molecular flexibility index (Phi) is 4.88. The number of nitrogens with zero attached hydrogens (tertiary/aromatic N) is 2. The summed E-state index contributed by atoms with van der Waals surface area (Å²) in [4.78, 5) is 0. The zero-order valence-electron chi connectivity index (χ0n) is 11.5. The predicted molar refractivity (Wildman–Crippen MR) is 85.1 cm³/mol. The monoisotopic (exact) mass is 402 g/mol. The fourth-order valence-corrected chi connectivity index (χ4v) is 3.40. The first kappa shape index (κ1) is 15.5. The minimum Gasteiger partial charge on any atom is -0.493 e. The Morgan fingerprint density at radius 3 is 2.30 bits per heavy atom. The molecule has 0 aliphatic heterocycles. The molecule has 1 unspecified atom stereocenters. The molecule has 0 spiro atoms. The van der Waals surface area contributed by atoms with Crippen molar-refractivity contribution in [2.45, 2.75) is 26.0 Å². The summed E-state index contributed by atoms with van der Waals surface area (Å²) >= 11 is 6.87. The zero-order valence-corrected chi connectivity index (χ0v) is 14.6. The Hall–Kier alpha value is -0.850. The van der Waals surface area contributed by atoms with Gasteiger partial charge in [-0.1, -0.05) is 31.9 Å². The zero-order chi connectivity index (χ0) is 14.9. The third-order valence-corrected chi connectivity index (χ3v) is 3.88. The van der Waals surface area contributed by atoms with Crippen molar-refractivity contribution in [2.75, 3.05) is 7.11 Å². The minimum absolute atomic E-state index is 0.138. The molecular formula is C14H16Br2N2O2. The van der Waals surface area contributed by atoms with Gasteiger partial charge in [-0.2, -0.15) is 5.10 Å². The maximum Gasteiger partial charge on any atom is 0.163 e. The van der Waals surface area contributed by atoms with Gasteiger partial charge >= 0.3 is 0 Å². The Bertz CT molecular complexity index is 591. The molecule has 1 aromatic heterocycles. The maximum absolute atomic E-state index is 10.7. The molecule has 2 rings (SSSR count). The number of hydrogen-bond acceptors (Lipinski definition) is 3. The van der Waals surface area contributed by atoms with Crippen molar-refractivity contribution in [3.05, 3.63) is 44.6 Å². The molecule has 0 fully saturated rings. The van der Waals surface area contributed by atoms with Gasteiger partial charge in [0, 0.05) is 15.0 Å². The second kappa shape index (κ2) is 6.28. The van der Waals surface area contributed by atoms with Crippen molar-refractivity contribution in [3.63, 3.8) is 0 Å². The SMILES string of the molecule is COc1cnn(C(C)C)c1C(O)c1cc(Br)cc(Br)c1. The number of hydrogen-bond donors (Lipinski definition) is 1. The molecule has 4 nitrogen and oxygen atoms in total. The second-order valence-corrected chi connectivity index (χ2v) is 6.57. The molecule has 1 aromatic carbocycles. The van der Waals surface area contributed by atoms with E-state index in [-0.39, 0.29) is 6.04 Å². The normalized spacial score (nSPS) is 12.8. The highest BCUT2D eigenvalue weighted by molar-refractivity contribution is 9.11. The molecule has 6 heteroatoms. The summed E-state index contributed by atoms with van der Waals surface area (Å²) in [6.07, 6.45) is 0.828. The average molecular weight is 404 g/mol. The third-order valence-electron chi connectivity index (χ3n) is 2.97. The number of ether oxygens (including phenoxy) is 1. The van der Waals surface area contributed by atoms with Crippen LogP contribution in [-0.4, -0.2) is 22.0 Å². The summed E-state index contributed by atoms with van der Waals surface area (Å²) in [7, 11) is 1.58. The van der Waals surface area contributed by atoms with Gasteiger partial charge in [-0.05, 0) is 37.6 Å². The molecule has 2 aromatic rings. The highest BCUT2D eigenvalue weighted by atomic mass is 79.9. The first-order chi connectivity index (χ1) is 9.43. The average Bonchev–Trinajstić information content (AvgIpc) is 2.80. The number of rotatable bonds is 4. The van der Waals surface area contributed by atoms with Crippen molar-refractivity contribution >= 4 is 31.9 Å². The molecule has 108 valence electrons. The lowest BCUT2D eigenvalue weighted by Gasteiger charge is -2.18. The van der Waals surface area contributed by atoms with E-state index in [0.29, 0.717) is 11.4 Å². The molecule has 1 atom stereocenters. The number of benzene rings is 1. The highest BCUT2D eigenvalue weighted by Gasteiger charge is 2.23. The van der Waals surface area contributed by atoms with E-state index in [4.69, 9.17) is 4.74 Å². The van der Waals surface area contributed by atoms with Crippen molar-refractivity contribution in [2.24, 2.45) is 0 Å². The van der Waals surface area contributed by atoms with E-state index in [1.54, 1.807) is 18.0 Å². The summed E-state index contributed by atoms with van der Waals surface area (Å²) in [6, 6.07) is 5.82. The van der Waals surface area contributed by atoms with Gasteiger partial charge in [0.25, 0.3) is 0 Å². The fourth-order valence-electron chi connectivity index (χ4n) is 2.08. The lowest BCUT2D eigenvalue weighted by Crippen LogP contribution is -2.13. The number of methoxy groups -OCH3 is 1. The van der Waals surface area contributed by atoms with Crippen LogP contribution in [0.2, 0.25) is 0 Å². The van der Waals surface area contributed by atoms with Crippen LogP contribution in [0.25, 0.3) is 0 Å². The standard InChI is InChI=1S/C14H16Br2N2O2/c1-8(2)18-13(12(20-3)7-17-18)14(19)9-4-10(15)6-11(16)5-9/h4-8,14,19H,1-3H3. The van der Waals surface area contributed by atoms with Crippen LogP contribution in [-0.2, 0) is 0 Å². The third kappa shape index (κ3) is 3.07. The van der Waals surface area contributed by atoms with E-state index in [1.165, 1.54) is 0 Å². The van der Waals surface area contributed by atoms with Gasteiger partial charge in [-0.3, -0.25) is 4.68 Å². The Morgan fingerprint density at radius 2 is 1.80 bits per heavy atom. The fraction of sp³-hybridized carbons (Fsp3) is 0.357. The lowest BCUT2D eigenvalue weighted by atomic mass is 10.1. The molecule has 0 saturated heterocycles. The Morgan fingerprint density at radius 1 is 1.20 bits per heavy atom. The molecule has 0 amide bonds. The molecule has 0 saturated carbocycles. The van der Waals surface area contributed by atoms with Crippen LogP contribution in [0.3, 0.4) is 0 Å². The molecule has 0 aliphatic carbocycles. The van der Waals surface area contributed by atoms with E-state index in [0.717, 1.165) is 14.5 Å². The number of aliphatic hydroxyl groups excluding tert-OH is 1. The van der Waals surface area contributed by atoms with Crippen LogP contribution < -0.4 is 4.74 Å². The van der Waals surface area contributed by atoms with Crippen molar-refractivity contribution in [3.8, 4) is 5.75 Å². The molecule has 1 N–H and O–H groups in total. The summed E-state index contributed by atoms with van der Waals surface area (Å²) in [5.41, 5.74) is 1.43. The minimum atomic E-state index is -0.802.